The van der Waals surface area contributed by atoms with Crippen LogP contribution < -0.4 is 10.6 Å². The lowest BCUT2D eigenvalue weighted by atomic mass is 9.98. The van der Waals surface area contributed by atoms with E-state index in [1.807, 2.05) is 36.4 Å². The van der Waals surface area contributed by atoms with E-state index >= 15 is 0 Å². The zero-order chi connectivity index (χ0) is 32.0. The van der Waals surface area contributed by atoms with Crippen molar-refractivity contribution in [3.05, 3.63) is 100 Å². The normalized spacial score (nSPS) is 15.0. The van der Waals surface area contributed by atoms with Crippen LogP contribution in [-0.2, 0) is 29.7 Å². The fourth-order valence-corrected chi connectivity index (χ4v) is 5.82. The third-order valence-corrected chi connectivity index (χ3v) is 8.49. The lowest BCUT2D eigenvalue weighted by Gasteiger charge is -2.27. The molecule has 9 heteroatoms. The summed E-state index contributed by atoms with van der Waals surface area (Å²) in [5.74, 6) is 1.72. The van der Waals surface area contributed by atoms with Crippen LogP contribution in [0.3, 0.4) is 0 Å². The van der Waals surface area contributed by atoms with Crippen LogP contribution >= 0.6 is 0 Å². The number of halogens is 2. The minimum Gasteiger partial charge on any atom is -0.390 e. The van der Waals surface area contributed by atoms with Crippen molar-refractivity contribution < 1.29 is 23.4 Å². The summed E-state index contributed by atoms with van der Waals surface area (Å²) >= 11 is 0. The maximum absolute atomic E-state index is 14.1. The molecule has 2 atom stereocenters. The number of aliphatic hydroxyl groups is 1. The van der Waals surface area contributed by atoms with Crippen molar-refractivity contribution in [1.29, 1.82) is 0 Å². The van der Waals surface area contributed by atoms with Gasteiger partial charge in [0.2, 0.25) is 0 Å². The Morgan fingerprint density at radius 3 is 2.62 bits per heavy atom. The van der Waals surface area contributed by atoms with Gasteiger partial charge >= 0.3 is 0 Å². The first kappa shape index (κ1) is 32.3. The number of unbranched alkanes of at least 4 members (excludes halogenated alkanes) is 1. The molecule has 0 bridgehead atoms. The number of hydrogen-bond donors (Lipinski definition) is 3. The minimum absolute atomic E-state index is 0.0285. The number of ether oxygens (including phenoxy) is 1. The van der Waals surface area contributed by atoms with E-state index in [0.29, 0.717) is 24.2 Å². The molecule has 1 aliphatic carbocycles. The summed E-state index contributed by atoms with van der Waals surface area (Å²) < 4.78 is 35.6. The third-order valence-electron chi connectivity index (χ3n) is 8.49. The van der Waals surface area contributed by atoms with E-state index in [1.54, 1.807) is 13.2 Å². The second kappa shape index (κ2) is 14.3. The Balaban J connectivity index is 1.38. The van der Waals surface area contributed by atoms with Gasteiger partial charge in [-0.1, -0.05) is 31.4 Å². The number of aromatic nitrogens is 2. The van der Waals surface area contributed by atoms with Gasteiger partial charge in [-0.05, 0) is 79.3 Å². The number of carbonyl (C=O) groups excluding carboxylic acids is 1. The predicted molar refractivity (Wildman–Crippen MR) is 171 cm³/mol. The summed E-state index contributed by atoms with van der Waals surface area (Å²) in [7, 11) is 1.65. The highest BCUT2D eigenvalue weighted by Crippen LogP contribution is 2.45. The van der Waals surface area contributed by atoms with Crippen LogP contribution in [0, 0.1) is 24.0 Å². The molecule has 1 amide bonds. The Morgan fingerprint density at radius 2 is 1.93 bits per heavy atom. The summed E-state index contributed by atoms with van der Waals surface area (Å²) in [5.41, 5.74) is 3.85. The highest BCUT2D eigenvalue weighted by Gasteiger charge is 2.44. The van der Waals surface area contributed by atoms with Gasteiger partial charge in [-0.2, -0.15) is 0 Å². The van der Waals surface area contributed by atoms with Crippen LogP contribution in [0.2, 0.25) is 0 Å². The van der Waals surface area contributed by atoms with Crippen molar-refractivity contribution in [2.24, 2.45) is 0 Å². The number of methoxy groups -OCH3 is 1. The molecule has 0 spiro atoms. The van der Waals surface area contributed by atoms with E-state index in [1.165, 1.54) is 12.1 Å². The van der Waals surface area contributed by atoms with Gasteiger partial charge in [0, 0.05) is 49.4 Å². The summed E-state index contributed by atoms with van der Waals surface area (Å²) in [4.78, 5) is 18.5. The Bertz CT molecular complexity index is 1670. The minimum atomic E-state index is -1.06. The van der Waals surface area contributed by atoms with Crippen molar-refractivity contribution >= 4 is 16.9 Å². The van der Waals surface area contributed by atoms with Crippen LogP contribution in [0.1, 0.15) is 65.5 Å². The Labute approximate surface area is 263 Å². The van der Waals surface area contributed by atoms with Crippen LogP contribution in [-0.4, -0.2) is 53.0 Å². The predicted octanol–water partition coefficient (Wildman–Crippen LogP) is 5.27. The molecule has 0 saturated heterocycles. The van der Waals surface area contributed by atoms with Crippen LogP contribution in [0.4, 0.5) is 8.78 Å². The fraction of sp³-hybridized carbons (Fsp3) is 0.389. The molecular weight excluding hydrogens is 574 g/mol. The average Bonchev–Trinajstić information content (AvgIpc) is 3.75. The molecule has 0 radical (unpaired) electrons. The van der Waals surface area contributed by atoms with Gasteiger partial charge in [0.25, 0.3) is 5.91 Å². The van der Waals surface area contributed by atoms with E-state index in [4.69, 9.17) is 16.1 Å². The number of terminal acetylenes is 1. The number of nitrogens with one attached hydrogen (secondary N) is 2. The maximum atomic E-state index is 14.1. The smallest absolute Gasteiger partial charge is 0.251 e. The van der Waals surface area contributed by atoms with E-state index in [0.717, 1.165) is 66.3 Å². The number of aryl methyl sites for hydroxylation is 1. The number of imidazole rings is 1. The highest BCUT2D eigenvalue weighted by atomic mass is 19.1. The molecule has 7 nitrogen and oxygen atoms in total. The second-order valence-electron chi connectivity index (χ2n) is 11.8. The van der Waals surface area contributed by atoms with Crippen molar-refractivity contribution in [1.82, 2.24) is 20.2 Å². The van der Waals surface area contributed by atoms with Crippen LogP contribution in [0.15, 0.2) is 60.7 Å². The fourth-order valence-electron chi connectivity index (χ4n) is 5.82. The Kier molecular flexibility index (Phi) is 10.3. The standard InChI is InChI=1S/C36H40F2N4O3/c1-4-6-15-42-32-21-26(10-11-30(32)40-34(42)12-16-45-3)35(44)41-31(20-25-18-28(37)22-29(38)19-25)33(43)23-39-36(13-14-36)27-9-7-8-24(5-2)17-27/h2,7-11,17-19,21-22,31,33,39,43H,4,6,12-16,20,23H2,1,3H3,(H,41,44)/t31-,33-/m0/s1. The van der Waals surface area contributed by atoms with Crippen molar-refractivity contribution in [2.45, 2.75) is 69.7 Å². The molecule has 3 N–H and O–H groups in total. The number of hydrogen-bond acceptors (Lipinski definition) is 5. The van der Waals surface area contributed by atoms with Crippen molar-refractivity contribution in [2.75, 3.05) is 20.3 Å². The first-order valence-corrected chi connectivity index (χ1v) is 15.5. The third kappa shape index (κ3) is 7.77. The van der Waals surface area contributed by atoms with Crippen molar-refractivity contribution in [3.8, 4) is 12.3 Å². The molecule has 1 aromatic heterocycles. The molecule has 3 aromatic carbocycles. The Hall–Kier alpha value is -4.10. The monoisotopic (exact) mass is 614 g/mol. The number of rotatable bonds is 15. The molecular formula is C36H40F2N4O3. The molecule has 0 aliphatic heterocycles. The Morgan fingerprint density at radius 1 is 1.16 bits per heavy atom. The van der Waals surface area contributed by atoms with Crippen LogP contribution in [0.5, 0.6) is 0 Å². The summed E-state index contributed by atoms with van der Waals surface area (Å²) in [6.07, 6.45) is 8.93. The first-order chi connectivity index (χ1) is 21.7. The van der Waals surface area contributed by atoms with Gasteiger partial charge in [0.15, 0.2) is 0 Å². The van der Waals surface area contributed by atoms with E-state index in [2.05, 4.69) is 28.0 Å². The molecule has 4 aromatic rings. The SMILES string of the molecule is C#Cc1cccc(C2(NC[C@H](O)[C@H](Cc3cc(F)cc(F)c3)NC(=O)c3ccc4nc(CCOC)n(CCCC)c4c3)CC2)c1. The number of nitrogens with zero attached hydrogens (tertiary/aromatic N) is 2. The number of benzene rings is 3. The van der Waals surface area contributed by atoms with Crippen LogP contribution in [0.25, 0.3) is 11.0 Å². The summed E-state index contributed by atoms with van der Waals surface area (Å²) in [6, 6.07) is 15.5. The quantitative estimate of drug-likeness (QED) is 0.159. The average molecular weight is 615 g/mol. The molecule has 1 fully saturated rings. The zero-order valence-electron chi connectivity index (χ0n) is 25.8. The van der Waals surface area contributed by atoms with E-state index < -0.39 is 29.7 Å². The molecule has 1 heterocycles. The second-order valence-corrected chi connectivity index (χ2v) is 11.8. The number of fused-ring (bicyclic) bond motifs is 1. The molecule has 45 heavy (non-hydrogen) atoms. The van der Waals surface area contributed by atoms with Gasteiger partial charge in [-0.3, -0.25) is 4.79 Å². The largest absolute Gasteiger partial charge is 0.390 e. The molecule has 5 rings (SSSR count). The molecule has 0 unspecified atom stereocenters. The lowest BCUT2D eigenvalue weighted by Crippen LogP contribution is -2.50. The van der Waals surface area contributed by atoms with Gasteiger partial charge in [0.1, 0.15) is 17.5 Å². The topological polar surface area (TPSA) is 88.4 Å². The van der Waals surface area contributed by atoms with Crippen molar-refractivity contribution in [3.63, 3.8) is 0 Å². The number of carbonyl (C=O) groups is 1. The summed E-state index contributed by atoms with van der Waals surface area (Å²) in [6.45, 7) is 3.57. The van der Waals surface area contributed by atoms with E-state index in [9.17, 15) is 18.7 Å². The first-order valence-electron chi connectivity index (χ1n) is 15.5. The molecule has 236 valence electrons. The zero-order valence-corrected chi connectivity index (χ0v) is 25.8. The molecule has 1 saturated carbocycles. The lowest BCUT2D eigenvalue weighted by molar-refractivity contribution is 0.0822. The maximum Gasteiger partial charge on any atom is 0.251 e. The number of aliphatic hydroxyl groups excluding tert-OH is 1. The highest BCUT2D eigenvalue weighted by molar-refractivity contribution is 5.97. The summed E-state index contributed by atoms with van der Waals surface area (Å²) in [5, 5.41) is 17.8. The number of amides is 1. The molecule has 1 aliphatic rings. The van der Waals surface area contributed by atoms with Gasteiger partial charge < -0.3 is 25.0 Å². The van der Waals surface area contributed by atoms with Gasteiger partial charge in [-0.15, -0.1) is 6.42 Å². The van der Waals surface area contributed by atoms with E-state index in [-0.39, 0.29) is 18.5 Å². The van der Waals surface area contributed by atoms with Gasteiger partial charge in [0.05, 0.1) is 29.8 Å². The van der Waals surface area contributed by atoms with Gasteiger partial charge in [-0.25, -0.2) is 13.8 Å².